The maximum Gasteiger partial charge on any atom is 0.187 e. The normalized spacial score (nSPS) is 15.5. The molecule has 1 saturated heterocycles. The van der Waals surface area contributed by atoms with Crippen LogP contribution in [-0.2, 0) is 4.74 Å². The molecule has 0 saturated carbocycles. The molecule has 1 aliphatic heterocycles. The van der Waals surface area contributed by atoms with E-state index in [4.69, 9.17) is 44.9 Å². The number of halogens is 2. The van der Waals surface area contributed by atoms with Crippen LogP contribution in [0.4, 0.5) is 0 Å². The molecule has 1 fully saturated rings. The Kier molecular flexibility index (Phi) is 8.01. The quantitative estimate of drug-likeness (QED) is 0.440. The van der Waals surface area contributed by atoms with Gasteiger partial charge in [-0.15, -0.1) is 0 Å². The summed E-state index contributed by atoms with van der Waals surface area (Å²) in [6.07, 6.45) is 1.59. The smallest absolute Gasteiger partial charge is 0.187 e. The number of nitrogens with one attached hydrogen (secondary N) is 2. The van der Waals surface area contributed by atoms with Gasteiger partial charge in [-0.1, -0.05) is 23.2 Å². The fraction of sp³-hybridized carbons (Fsp3) is 0.467. The van der Waals surface area contributed by atoms with E-state index < -0.39 is 0 Å². The van der Waals surface area contributed by atoms with Gasteiger partial charge < -0.3 is 14.8 Å². The van der Waals surface area contributed by atoms with Gasteiger partial charge in [-0.25, -0.2) is 0 Å². The summed E-state index contributed by atoms with van der Waals surface area (Å²) in [7, 11) is 1.52. The molecule has 9 heteroatoms. The minimum absolute atomic E-state index is 0.428. The van der Waals surface area contributed by atoms with E-state index in [-0.39, 0.29) is 0 Å². The Morgan fingerprint density at radius 3 is 2.67 bits per heavy atom. The molecule has 1 aromatic rings. The van der Waals surface area contributed by atoms with Crippen molar-refractivity contribution < 1.29 is 9.47 Å². The van der Waals surface area contributed by atoms with E-state index in [0.717, 1.165) is 45.0 Å². The van der Waals surface area contributed by atoms with Crippen LogP contribution >= 0.6 is 35.4 Å². The highest BCUT2D eigenvalue weighted by molar-refractivity contribution is 7.80. The molecule has 0 amide bonds. The highest BCUT2D eigenvalue weighted by Gasteiger charge is 2.09. The largest absolute Gasteiger partial charge is 0.494 e. The Bertz CT molecular complexity index is 572. The van der Waals surface area contributed by atoms with E-state index in [2.05, 4.69) is 20.7 Å². The maximum atomic E-state index is 6.08. The molecule has 0 aliphatic carbocycles. The Balaban J connectivity index is 1.73. The van der Waals surface area contributed by atoms with Gasteiger partial charge in [0.15, 0.2) is 10.9 Å². The van der Waals surface area contributed by atoms with Crippen LogP contribution in [0.2, 0.25) is 10.0 Å². The Labute approximate surface area is 157 Å². The van der Waals surface area contributed by atoms with Gasteiger partial charge in [0.1, 0.15) is 0 Å². The summed E-state index contributed by atoms with van der Waals surface area (Å²) in [6.45, 7) is 5.16. The van der Waals surface area contributed by atoms with Crippen molar-refractivity contribution >= 4 is 46.7 Å². The number of rotatable bonds is 6. The number of morpholine rings is 1. The zero-order chi connectivity index (χ0) is 17.4. The first kappa shape index (κ1) is 19.2. The number of hydrazone groups is 1. The van der Waals surface area contributed by atoms with Crippen LogP contribution in [0.3, 0.4) is 0 Å². The zero-order valence-electron chi connectivity index (χ0n) is 13.3. The maximum absolute atomic E-state index is 6.08. The second kappa shape index (κ2) is 10.0. The van der Waals surface area contributed by atoms with E-state index in [1.165, 1.54) is 7.11 Å². The van der Waals surface area contributed by atoms with Gasteiger partial charge in [0, 0.05) is 26.2 Å². The minimum Gasteiger partial charge on any atom is -0.494 e. The summed E-state index contributed by atoms with van der Waals surface area (Å²) < 4.78 is 10.4. The Hall–Kier alpha value is -1.12. The molecular formula is C15H20Cl2N4O2S. The minimum atomic E-state index is 0.428. The van der Waals surface area contributed by atoms with Gasteiger partial charge in [-0.3, -0.25) is 10.3 Å². The predicted molar refractivity (Wildman–Crippen MR) is 102 cm³/mol. The van der Waals surface area contributed by atoms with Crippen molar-refractivity contribution in [2.24, 2.45) is 5.10 Å². The van der Waals surface area contributed by atoms with Crippen LogP contribution in [0.5, 0.6) is 5.75 Å². The molecule has 0 radical (unpaired) electrons. The molecule has 1 heterocycles. The number of methoxy groups -OCH3 is 1. The van der Waals surface area contributed by atoms with Crippen molar-refractivity contribution in [3.8, 4) is 5.75 Å². The van der Waals surface area contributed by atoms with Crippen LogP contribution in [-0.4, -0.2) is 62.7 Å². The summed E-state index contributed by atoms with van der Waals surface area (Å²) in [5.41, 5.74) is 3.51. The van der Waals surface area contributed by atoms with Gasteiger partial charge in [-0.05, 0) is 29.9 Å². The number of nitrogens with zero attached hydrogens (tertiary/aromatic N) is 2. The van der Waals surface area contributed by atoms with E-state index in [9.17, 15) is 0 Å². The van der Waals surface area contributed by atoms with Crippen LogP contribution in [0.25, 0.3) is 0 Å². The molecule has 0 atom stereocenters. The van der Waals surface area contributed by atoms with Crippen molar-refractivity contribution in [2.45, 2.75) is 0 Å². The number of hydrogen-bond acceptors (Lipinski definition) is 5. The Morgan fingerprint density at radius 2 is 2.04 bits per heavy atom. The fourth-order valence-electron chi connectivity index (χ4n) is 2.21. The molecule has 2 N–H and O–H groups in total. The molecule has 1 aromatic carbocycles. The van der Waals surface area contributed by atoms with E-state index in [1.807, 2.05) is 0 Å². The first-order valence-corrected chi connectivity index (χ1v) is 8.66. The van der Waals surface area contributed by atoms with Gasteiger partial charge in [-0.2, -0.15) is 5.10 Å². The van der Waals surface area contributed by atoms with Gasteiger partial charge in [0.05, 0.1) is 36.6 Å². The van der Waals surface area contributed by atoms with Crippen molar-refractivity contribution in [2.75, 3.05) is 46.5 Å². The van der Waals surface area contributed by atoms with Crippen molar-refractivity contribution in [3.05, 3.63) is 27.7 Å². The third-order valence-electron chi connectivity index (χ3n) is 3.42. The van der Waals surface area contributed by atoms with Crippen molar-refractivity contribution in [1.29, 1.82) is 0 Å². The molecule has 132 valence electrons. The number of benzene rings is 1. The van der Waals surface area contributed by atoms with E-state index in [1.54, 1.807) is 18.3 Å². The monoisotopic (exact) mass is 390 g/mol. The fourth-order valence-corrected chi connectivity index (χ4v) is 3.02. The molecule has 0 bridgehead atoms. The second-order valence-corrected chi connectivity index (χ2v) is 6.32. The topological polar surface area (TPSA) is 58.1 Å². The van der Waals surface area contributed by atoms with Crippen LogP contribution in [0, 0.1) is 0 Å². The molecule has 2 rings (SSSR count). The summed E-state index contributed by atoms with van der Waals surface area (Å²) in [4.78, 5) is 2.32. The third kappa shape index (κ3) is 6.07. The Morgan fingerprint density at radius 1 is 1.38 bits per heavy atom. The average Bonchev–Trinajstić information content (AvgIpc) is 2.55. The van der Waals surface area contributed by atoms with Crippen LogP contribution < -0.4 is 15.5 Å². The first-order valence-electron chi connectivity index (χ1n) is 7.50. The number of thiocarbonyl (C=S) groups is 1. The summed E-state index contributed by atoms with van der Waals surface area (Å²) in [5, 5.41) is 8.50. The molecule has 0 aromatic heterocycles. The van der Waals surface area contributed by atoms with E-state index >= 15 is 0 Å². The molecule has 24 heavy (non-hydrogen) atoms. The van der Waals surface area contributed by atoms with Gasteiger partial charge in [0.25, 0.3) is 0 Å². The summed E-state index contributed by atoms with van der Waals surface area (Å²) in [5.74, 6) is 0.448. The summed E-state index contributed by atoms with van der Waals surface area (Å²) in [6, 6.07) is 3.43. The van der Waals surface area contributed by atoms with Crippen LogP contribution in [0.15, 0.2) is 17.2 Å². The highest BCUT2D eigenvalue weighted by atomic mass is 35.5. The third-order valence-corrected chi connectivity index (χ3v) is 4.22. The standard InChI is InChI=1S/C15H20Cl2N4O2S/c1-22-14-12(16)8-11(9-13(14)17)10-19-20-15(24)18-2-3-21-4-6-23-7-5-21/h8-10H,2-7H2,1H3,(H2,18,20,24)/b19-10+. The summed E-state index contributed by atoms with van der Waals surface area (Å²) >= 11 is 17.3. The first-order chi connectivity index (χ1) is 11.6. The van der Waals surface area contributed by atoms with Gasteiger partial charge >= 0.3 is 0 Å². The van der Waals surface area contributed by atoms with Crippen molar-refractivity contribution in [1.82, 2.24) is 15.6 Å². The predicted octanol–water partition coefficient (Wildman–Crippen LogP) is 2.13. The lowest BCUT2D eigenvalue weighted by Gasteiger charge is -2.26. The lowest BCUT2D eigenvalue weighted by Crippen LogP contribution is -2.42. The highest BCUT2D eigenvalue weighted by Crippen LogP contribution is 2.33. The molecule has 6 nitrogen and oxygen atoms in total. The van der Waals surface area contributed by atoms with Gasteiger partial charge in [0.2, 0.25) is 0 Å². The zero-order valence-corrected chi connectivity index (χ0v) is 15.7. The molecule has 0 unspecified atom stereocenters. The van der Waals surface area contributed by atoms with Crippen LogP contribution in [0.1, 0.15) is 5.56 Å². The molecule has 1 aliphatic rings. The second-order valence-electron chi connectivity index (χ2n) is 5.10. The SMILES string of the molecule is COc1c(Cl)cc(/C=N/NC(=S)NCCN2CCOCC2)cc1Cl. The van der Waals surface area contributed by atoms with Crippen molar-refractivity contribution in [3.63, 3.8) is 0 Å². The molecular weight excluding hydrogens is 371 g/mol. The lowest BCUT2D eigenvalue weighted by atomic mass is 10.2. The number of ether oxygens (including phenoxy) is 2. The molecule has 0 spiro atoms. The lowest BCUT2D eigenvalue weighted by molar-refractivity contribution is 0.0389. The van der Waals surface area contributed by atoms with E-state index in [0.29, 0.717) is 20.9 Å². The number of hydrogen-bond donors (Lipinski definition) is 2. The average molecular weight is 391 g/mol.